The lowest BCUT2D eigenvalue weighted by Gasteiger charge is -2.06. The second-order valence-corrected chi connectivity index (χ2v) is 1.90. The van der Waals surface area contributed by atoms with Crippen molar-refractivity contribution >= 4 is 12.0 Å². The van der Waals surface area contributed by atoms with Crippen molar-refractivity contribution in [1.29, 1.82) is 0 Å². The number of nitrogens with zero attached hydrogens (tertiary/aromatic N) is 1. The van der Waals surface area contributed by atoms with E-state index < -0.39 is 0 Å². The Morgan fingerprint density at radius 3 is 2.83 bits per heavy atom. The summed E-state index contributed by atoms with van der Waals surface area (Å²) in [6.07, 6.45) is 0. The first-order valence-electron chi connectivity index (χ1n) is 1.88. The van der Waals surface area contributed by atoms with Gasteiger partial charge in [0.15, 0.2) is 0 Å². The normalized spacial score (nSPS) is 24.0. The third kappa shape index (κ3) is 1.16. The lowest BCUT2D eigenvalue weighted by Crippen LogP contribution is -2.16. The quantitative estimate of drug-likeness (QED) is 0.410. The van der Waals surface area contributed by atoms with Gasteiger partial charge in [-0.3, -0.25) is 4.18 Å². The van der Waals surface area contributed by atoms with E-state index in [0.29, 0.717) is 6.73 Å². The van der Waals surface area contributed by atoms with Crippen LogP contribution in [0.1, 0.15) is 0 Å². The van der Waals surface area contributed by atoms with Gasteiger partial charge in [0.1, 0.15) is 6.73 Å². The largest absolute Gasteiger partial charge is 0.298 e. The van der Waals surface area contributed by atoms with Crippen molar-refractivity contribution in [3.05, 3.63) is 0 Å². The van der Waals surface area contributed by atoms with Crippen LogP contribution in [0.4, 0.5) is 0 Å². The van der Waals surface area contributed by atoms with Crippen LogP contribution in [0.25, 0.3) is 0 Å². The number of hydrogen-bond donors (Lipinski definition) is 0. The van der Waals surface area contributed by atoms with Crippen molar-refractivity contribution in [3.63, 3.8) is 0 Å². The first-order valence-corrected chi connectivity index (χ1v) is 2.79. The maximum absolute atomic E-state index is 4.82. The zero-order valence-electron chi connectivity index (χ0n) is 3.39. The van der Waals surface area contributed by atoms with Crippen molar-refractivity contribution in [3.8, 4) is 0 Å². The predicted octanol–water partition coefficient (Wildman–Crippen LogP) is 0.227. The molecule has 0 atom stereocenters. The number of hydrogen-bond acceptors (Lipinski definition) is 2. The van der Waals surface area contributed by atoms with Crippen LogP contribution < -0.4 is 5.32 Å². The third-order valence-corrected chi connectivity index (χ3v) is 1.18. The van der Waals surface area contributed by atoms with Crippen LogP contribution in [0.2, 0.25) is 0 Å². The molecule has 2 nitrogen and oxygen atoms in total. The van der Waals surface area contributed by atoms with E-state index in [1.54, 1.807) is 0 Å². The van der Waals surface area contributed by atoms with Gasteiger partial charge < -0.3 is 0 Å². The van der Waals surface area contributed by atoms with Crippen molar-refractivity contribution in [2.75, 3.05) is 19.0 Å². The Kier molecular flexibility index (Phi) is 1.80. The molecule has 1 radical (unpaired) electrons. The predicted molar refractivity (Wildman–Crippen MR) is 25.4 cm³/mol. The highest BCUT2D eigenvalue weighted by molar-refractivity contribution is 7.94. The molecule has 1 aliphatic heterocycles. The van der Waals surface area contributed by atoms with Crippen LogP contribution in [-0.2, 0) is 4.18 Å². The van der Waals surface area contributed by atoms with Crippen LogP contribution in [0.15, 0.2) is 0 Å². The fourth-order valence-corrected chi connectivity index (χ4v) is 0.770. The van der Waals surface area contributed by atoms with Gasteiger partial charge in [0.05, 0.1) is 0 Å². The van der Waals surface area contributed by atoms with Gasteiger partial charge in [-0.25, -0.2) is 5.32 Å². The van der Waals surface area contributed by atoms with Gasteiger partial charge in [-0.1, -0.05) is 0 Å². The molecule has 35 valence electrons. The van der Waals surface area contributed by atoms with E-state index in [1.165, 1.54) is 12.0 Å². The van der Waals surface area contributed by atoms with Gasteiger partial charge in [-0.05, 0) is 12.0 Å². The summed E-state index contributed by atoms with van der Waals surface area (Å²) < 4.78 is 4.82. The molecule has 0 aromatic heterocycles. The molecule has 0 N–H and O–H groups in total. The summed E-state index contributed by atoms with van der Waals surface area (Å²) in [4.78, 5) is 0. The zero-order valence-corrected chi connectivity index (χ0v) is 4.20. The standard InChI is InChI=1S/C3H6NOS/c1-2-6-5-3-4-1/h1-3H2. The molecule has 1 aliphatic rings. The minimum Gasteiger partial charge on any atom is -0.298 e. The van der Waals surface area contributed by atoms with E-state index in [4.69, 9.17) is 4.18 Å². The smallest absolute Gasteiger partial charge is 0.127 e. The summed E-state index contributed by atoms with van der Waals surface area (Å²) in [6.45, 7) is 1.55. The Bertz CT molecular complexity index is 26.3. The molecule has 1 heterocycles. The molecule has 0 saturated carbocycles. The third-order valence-electron chi connectivity index (χ3n) is 0.560. The summed E-state index contributed by atoms with van der Waals surface area (Å²) >= 11 is 1.50. The first kappa shape index (κ1) is 4.43. The fourth-order valence-electron chi connectivity index (χ4n) is 0.300. The molecule has 0 aliphatic carbocycles. The second-order valence-electron chi connectivity index (χ2n) is 1.02. The second kappa shape index (κ2) is 2.44. The molecule has 0 amide bonds. The minimum atomic E-state index is 0.588. The molecule has 0 bridgehead atoms. The van der Waals surface area contributed by atoms with E-state index in [9.17, 15) is 0 Å². The molecule has 1 rings (SSSR count). The molecule has 0 aromatic rings. The van der Waals surface area contributed by atoms with Crippen LogP contribution in [-0.4, -0.2) is 19.0 Å². The molecule has 6 heavy (non-hydrogen) atoms. The lowest BCUT2D eigenvalue weighted by atomic mass is 10.8. The van der Waals surface area contributed by atoms with Crippen molar-refractivity contribution in [2.45, 2.75) is 0 Å². The average Bonchev–Trinajstić information content (AvgIpc) is 1.72. The summed E-state index contributed by atoms with van der Waals surface area (Å²) in [5.41, 5.74) is 0. The summed E-state index contributed by atoms with van der Waals surface area (Å²) in [5.74, 6) is 1.03. The Hall–Kier alpha value is 0.270. The van der Waals surface area contributed by atoms with Gasteiger partial charge in [0.2, 0.25) is 0 Å². The highest BCUT2D eigenvalue weighted by Crippen LogP contribution is 2.03. The maximum atomic E-state index is 4.82. The van der Waals surface area contributed by atoms with E-state index >= 15 is 0 Å². The first-order chi connectivity index (χ1) is 3.00. The van der Waals surface area contributed by atoms with Gasteiger partial charge in [0, 0.05) is 12.3 Å². The maximum Gasteiger partial charge on any atom is 0.127 e. The highest BCUT2D eigenvalue weighted by Gasteiger charge is 1.96. The van der Waals surface area contributed by atoms with E-state index in [-0.39, 0.29) is 0 Å². The Balaban J connectivity index is 2.00. The molecular weight excluding hydrogens is 98.1 g/mol. The van der Waals surface area contributed by atoms with E-state index in [1.807, 2.05) is 0 Å². The molecule has 0 aromatic carbocycles. The van der Waals surface area contributed by atoms with Crippen molar-refractivity contribution in [2.24, 2.45) is 0 Å². The monoisotopic (exact) mass is 104 g/mol. The van der Waals surface area contributed by atoms with Crippen LogP contribution in [0, 0.1) is 0 Å². The molecule has 0 unspecified atom stereocenters. The van der Waals surface area contributed by atoms with E-state index in [0.717, 1.165) is 12.3 Å². The van der Waals surface area contributed by atoms with Gasteiger partial charge >= 0.3 is 0 Å². The van der Waals surface area contributed by atoms with Crippen molar-refractivity contribution in [1.82, 2.24) is 5.32 Å². The van der Waals surface area contributed by atoms with Crippen LogP contribution in [0.3, 0.4) is 0 Å². The molecular formula is C3H6NOS. The van der Waals surface area contributed by atoms with Crippen LogP contribution >= 0.6 is 12.0 Å². The zero-order chi connectivity index (χ0) is 4.24. The minimum absolute atomic E-state index is 0.588. The Labute approximate surface area is 41.5 Å². The Morgan fingerprint density at radius 1 is 1.67 bits per heavy atom. The fraction of sp³-hybridized carbons (Fsp3) is 1.00. The Morgan fingerprint density at radius 2 is 2.67 bits per heavy atom. The SMILES string of the molecule is C1CSOC[N]1. The highest BCUT2D eigenvalue weighted by atomic mass is 32.2. The van der Waals surface area contributed by atoms with E-state index in [2.05, 4.69) is 5.32 Å². The topological polar surface area (TPSA) is 23.3 Å². The molecule has 3 heteroatoms. The molecule has 1 fully saturated rings. The van der Waals surface area contributed by atoms with Crippen LogP contribution in [0.5, 0.6) is 0 Å². The van der Waals surface area contributed by atoms with Crippen molar-refractivity contribution < 1.29 is 4.18 Å². The molecule has 1 saturated heterocycles. The average molecular weight is 104 g/mol. The lowest BCUT2D eigenvalue weighted by molar-refractivity contribution is 0.315. The number of rotatable bonds is 0. The van der Waals surface area contributed by atoms with Gasteiger partial charge in [0.25, 0.3) is 0 Å². The van der Waals surface area contributed by atoms with Gasteiger partial charge in [-0.2, -0.15) is 0 Å². The molecule has 0 spiro atoms. The van der Waals surface area contributed by atoms with Gasteiger partial charge in [-0.15, -0.1) is 0 Å². The summed E-state index contributed by atoms with van der Waals surface area (Å²) in [5, 5.41) is 3.93. The summed E-state index contributed by atoms with van der Waals surface area (Å²) in [6, 6.07) is 0. The summed E-state index contributed by atoms with van der Waals surface area (Å²) in [7, 11) is 0.